The van der Waals surface area contributed by atoms with E-state index in [0.29, 0.717) is 29.1 Å². The van der Waals surface area contributed by atoms with Crippen LogP contribution in [0.25, 0.3) is 0 Å². The molecule has 0 spiro atoms. The summed E-state index contributed by atoms with van der Waals surface area (Å²) in [5, 5.41) is 0. The molecule has 2 rings (SSSR count). The summed E-state index contributed by atoms with van der Waals surface area (Å²) in [4.78, 5) is 28.3. The summed E-state index contributed by atoms with van der Waals surface area (Å²) >= 11 is 0. The van der Waals surface area contributed by atoms with Gasteiger partial charge < -0.3 is 9.72 Å². The highest BCUT2D eigenvalue weighted by molar-refractivity contribution is 6.02. The van der Waals surface area contributed by atoms with Crippen LogP contribution in [0.4, 0.5) is 0 Å². The zero-order chi connectivity index (χ0) is 18.7. The number of ether oxygens (including phenoxy) is 1. The Morgan fingerprint density at radius 1 is 1.20 bits per heavy atom. The summed E-state index contributed by atoms with van der Waals surface area (Å²) in [6.45, 7) is 11.6. The lowest BCUT2D eigenvalue weighted by molar-refractivity contribution is -0.710. The van der Waals surface area contributed by atoms with Gasteiger partial charge in [0.25, 0.3) is 0 Å². The fourth-order valence-electron chi connectivity index (χ4n) is 3.10. The predicted molar refractivity (Wildman–Crippen MR) is 96.0 cm³/mol. The molecule has 2 heterocycles. The molecule has 5 nitrogen and oxygen atoms in total. The molecule has 2 aromatic rings. The Hall–Kier alpha value is -2.43. The molecule has 1 atom stereocenters. The maximum absolute atomic E-state index is 13.1. The second kappa shape index (κ2) is 7.64. The second-order valence-electron chi connectivity index (χ2n) is 6.33. The van der Waals surface area contributed by atoms with Crippen molar-refractivity contribution in [2.75, 3.05) is 6.61 Å². The molecular weight excluding hydrogens is 316 g/mol. The minimum absolute atomic E-state index is 0.0440. The summed E-state index contributed by atoms with van der Waals surface area (Å²) in [7, 11) is 0. The number of Topliss-reactive ketones (excluding diaryl/α,β-unsaturated/α-hetero) is 1. The average Bonchev–Trinajstić information content (AvgIpc) is 2.88. The van der Waals surface area contributed by atoms with Gasteiger partial charge in [-0.1, -0.05) is 6.92 Å². The van der Waals surface area contributed by atoms with E-state index in [2.05, 4.69) is 18.0 Å². The van der Waals surface area contributed by atoms with E-state index in [0.717, 1.165) is 12.1 Å². The van der Waals surface area contributed by atoms with Gasteiger partial charge in [-0.3, -0.25) is 4.79 Å². The highest BCUT2D eigenvalue weighted by atomic mass is 16.5. The maximum atomic E-state index is 13.1. The Kier molecular flexibility index (Phi) is 5.77. The van der Waals surface area contributed by atoms with Gasteiger partial charge in [0, 0.05) is 31.2 Å². The number of nitrogens with one attached hydrogen (secondary N) is 1. The molecule has 0 unspecified atom stereocenters. The molecule has 2 aromatic heterocycles. The van der Waals surface area contributed by atoms with E-state index in [1.807, 2.05) is 30.7 Å². The molecular formula is C20H27N2O3+. The quantitative estimate of drug-likeness (QED) is 0.497. The second-order valence-corrected chi connectivity index (χ2v) is 6.33. The van der Waals surface area contributed by atoms with Gasteiger partial charge >= 0.3 is 5.97 Å². The fraction of sp³-hybridized carbons (Fsp3) is 0.450. The lowest BCUT2D eigenvalue weighted by Gasteiger charge is -2.10. The van der Waals surface area contributed by atoms with Gasteiger partial charge in [-0.15, -0.1) is 0 Å². The summed E-state index contributed by atoms with van der Waals surface area (Å²) in [5.74, 6) is -0.435. The van der Waals surface area contributed by atoms with Crippen LogP contribution in [0, 0.1) is 20.8 Å². The molecule has 0 fully saturated rings. The van der Waals surface area contributed by atoms with Crippen molar-refractivity contribution >= 4 is 11.8 Å². The monoisotopic (exact) mass is 343 g/mol. The number of rotatable bonds is 6. The molecule has 0 saturated heterocycles. The molecule has 0 amide bonds. The summed E-state index contributed by atoms with van der Waals surface area (Å²) in [6, 6.07) is 3.74. The Bertz CT molecular complexity index is 806. The van der Waals surface area contributed by atoms with Gasteiger partial charge in [-0.05, 0) is 38.8 Å². The van der Waals surface area contributed by atoms with Crippen LogP contribution in [0.15, 0.2) is 18.3 Å². The molecule has 1 N–H and O–H groups in total. The zero-order valence-corrected chi connectivity index (χ0v) is 15.9. The van der Waals surface area contributed by atoms with Crippen LogP contribution in [0.3, 0.4) is 0 Å². The standard InChI is InChI=1S/C20H26N2O3/c1-7-16-10-9-12(3)22(11-16)15(6)19(23)18-13(4)17(14(5)21-18)20(24)25-8-2/h9-11,15H,7-8H2,1-6H3/p+1/t15-/m0/s1. The van der Waals surface area contributed by atoms with E-state index >= 15 is 0 Å². The molecule has 134 valence electrons. The van der Waals surface area contributed by atoms with Crippen LogP contribution in [0.1, 0.15) is 70.2 Å². The van der Waals surface area contributed by atoms with Crippen molar-refractivity contribution in [3.63, 3.8) is 0 Å². The topological polar surface area (TPSA) is 63.0 Å². The first-order valence-corrected chi connectivity index (χ1v) is 8.72. The first-order chi connectivity index (χ1) is 11.8. The van der Waals surface area contributed by atoms with Crippen molar-refractivity contribution < 1.29 is 18.9 Å². The van der Waals surface area contributed by atoms with Gasteiger partial charge in [0.1, 0.15) is 0 Å². The van der Waals surface area contributed by atoms with E-state index in [9.17, 15) is 9.59 Å². The Balaban J connectivity index is 2.41. The molecule has 0 saturated carbocycles. The minimum Gasteiger partial charge on any atom is -0.462 e. The number of aromatic nitrogens is 2. The van der Waals surface area contributed by atoms with Crippen molar-refractivity contribution in [3.05, 3.63) is 52.1 Å². The van der Waals surface area contributed by atoms with E-state index in [1.54, 1.807) is 20.8 Å². The third kappa shape index (κ3) is 3.65. The van der Waals surface area contributed by atoms with E-state index in [4.69, 9.17) is 4.74 Å². The van der Waals surface area contributed by atoms with Gasteiger partial charge in [0.2, 0.25) is 11.8 Å². The molecule has 0 bridgehead atoms. The van der Waals surface area contributed by atoms with Gasteiger partial charge in [0.05, 0.1) is 17.9 Å². The fourth-order valence-corrected chi connectivity index (χ4v) is 3.10. The van der Waals surface area contributed by atoms with E-state index in [1.165, 1.54) is 5.56 Å². The smallest absolute Gasteiger partial charge is 0.340 e. The predicted octanol–water partition coefficient (Wildman–Crippen LogP) is 3.41. The molecule has 0 aliphatic rings. The number of ketones is 1. The summed E-state index contributed by atoms with van der Waals surface area (Å²) in [6.07, 6.45) is 2.93. The van der Waals surface area contributed by atoms with Crippen molar-refractivity contribution in [3.8, 4) is 0 Å². The van der Waals surface area contributed by atoms with Crippen LogP contribution in [-0.4, -0.2) is 23.3 Å². The molecule has 25 heavy (non-hydrogen) atoms. The number of nitrogens with zero attached hydrogens (tertiary/aromatic N) is 1. The number of aromatic amines is 1. The average molecular weight is 343 g/mol. The maximum Gasteiger partial charge on any atom is 0.340 e. The number of pyridine rings is 1. The minimum atomic E-state index is -0.391. The van der Waals surface area contributed by atoms with Crippen LogP contribution >= 0.6 is 0 Å². The molecule has 0 aliphatic heterocycles. The Labute approximate surface area is 149 Å². The highest BCUT2D eigenvalue weighted by Gasteiger charge is 2.31. The summed E-state index contributed by atoms with van der Waals surface area (Å²) in [5.41, 5.74) is 4.44. The number of carbonyl (C=O) groups is 2. The number of hydrogen-bond acceptors (Lipinski definition) is 3. The first kappa shape index (κ1) is 18.9. The SMILES string of the molecule is CCOC(=O)c1c(C)[nH]c(C(=O)[C@H](C)[n+]2cc(CC)ccc2C)c1C. The van der Waals surface area contributed by atoms with Crippen molar-refractivity contribution in [2.24, 2.45) is 0 Å². The highest BCUT2D eigenvalue weighted by Crippen LogP contribution is 2.22. The number of carbonyl (C=O) groups excluding carboxylic acids is 2. The molecule has 0 aliphatic carbocycles. The number of aryl methyl sites for hydroxylation is 3. The van der Waals surface area contributed by atoms with Crippen LogP contribution < -0.4 is 4.57 Å². The zero-order valence-electron chi connectivity index (χ0n) is 15.9. The van der Waals surface area contributed by atoms with Crippen molar-refractivity contribution in [2.45, 2.75) is 54.0 Å². The Morgan fingerprint density at radius 3 is 2.48 bits per heavy atom. The van der Waals surface area contributed by atoms with Gasteiger partial charge in [-0.25, -0.2) is 4.79 Å². The van der Waals surface area contributed by atoms with Crippen molar-refractivity contribution in [1.82, 2.24) is 4.98 Å². The third-order valence-electron chi connectivity index (χ3n) is 4.62. The third-order valence-corrected chi connectivity index (χ3v) is 4.62. The van der Waals surface area contributed by atoms with E-state index in [-0.39, 0.29) is 11.8 Å². The van der Waals surface area contributed by atoms with Gasteiger partial charge in [0.15, 0.2) is 11.9 Å². The molecule has 0 radical (unpaired) electrons. The normalized spacial score (nSPS) is 12.1. The molecule has 0 aromatic carbocycles. The van der Waals surface area contributed by atoms with Crippen LogP contribution in [-0.2, 0) is 11.2 Å². The number of hydrogen-bond donors (Lipinski definition) is 1. The van der Waals surface area contributed by atoms with Crippen molar-refractivity contribution in [1.29, 1.82) is 0 Å². The lowest BCUT2D eigenvalue weighted by Crippen LogP contribution is -2.45. The first-order valence-electron chi connectivity index (χ1n) is 8.72. The van der Waals surface area contributed by atoms with Crippen LogP contribution in [0.5, 0.6) is 0 Å². The van der Waals surface area contributed by atoms with E-state index < -0.39 is 5.97 Å². The lowest BCUT2D eigenvalue weighted by atomic mass is 10.0. The van der Waals surface area contributed by atoms with Crippen LogP contribution in [0.2, 0.25) is 0 Å². The summed E-state index contributed by atoms with van der Waals surface area (Å²) < 4.78 is 7.09. The number of H-pyrrole nitrogens is 1. The Morgan fingerprint density at radius 2 is 1.88 bits per heavy atom. The number of esters is 1. The molecule has 5 heteroatoms. The van der Waals surface area contributed by atoms with Gasteiger partial charge in [-0.2, -0.15) is 4.57 Å². The largest absolute Gasteiger partial charge is 0.462 e.